The van der Waals surface area contributed by atoms with Gasteiger partial charge in [0, 0.05) is 5.56 Å². The molecule has 31 heavy (non-hydrogen) atoms. The summed E-state index contributed by atoms with van der Waals surface area (Å²) < 4.78 is 17.0. The summed E-state index contributed by atoms with van der Waals surface area (Å²) >= 11 is 0. The highest BCUT2D eigenvalue weighted by molar-refractivity contribution is 5.94. The van der Waals surface area contributed by atoms with Crippen molar-refractivity contribution in [3.8, 4) is 22.8 Å². The van der Waals surface area contributed by atoms with Gasteiger partial charge >= 0.3 is 5.97 Å². The van der Waals surface area contributed by atoms with Crippen LogP contribution in [0.4, 0.5) is 0 Å². The van der Waals surface area contributed by atoms with Crippen LogP contribution in [-0.2, 0) is 0 Å². The normalized spacial score (nSPS) is 10.8. The van der Waals surface area contributed by atoms with Gasteiger partial charge in [0.2, 0.25) is 11.2 Å². The minimum atomic E-state index is -0.607. The Balaban J connectivity index is 1.94. The first-order valence-electron chi connectivity index (χ1n) is 9.89. The summed E-state index contributed by atoms with van der Waals surface area (Å²) in [5.74, 6) is 0.131. The van der Waals surface area contributed by atoms with Crippen molar-refractivity contribution in [3.05, 3.63) is 93.1 Å². The number of carbonyl (C=O) groups is 1. The third-order valence-electron chi connectivity index (χ3n) is 5.21. The van der Waals surface area contributed by atoms with E-state index in [2.05, 4.69) is 0 Å². The first-order valence-corrected chi connectivity index (χ1v) is 9.89. The average Bonchev–Trinajstić information content (AvgIpc) is 2.75. The molecule has 5 heteroatoms. The van der Waals surface area contributed by atoms with E-state index in [0.29, 0.717) is 27.8 Å². The van der Waals surface area contributed by atoms with Gasteiger partial charge in [-0.05, 0) is 73.9 Å². The maximum Gasteiger partial charge on any atom is 0.344 e. The third kappa shape index (κ3) is 3.82. The molecule has 0 aliphatic heterocycles. The van der Waals surface area contributed by atoms with E-state index in [1.54, 1.807) is 43.5 Å². The first-order chi connectivity index (χ1) is 14.9. The van der Waals surface area contributed by atoms with E-state index in [-0.39, 0.29) is 16.9 Å². The minimum Gasteiger partial charge on any atom is -0.497 e. The number of hydrogen-bond acceptors (Lipinski definition) is 5. The number of benzene rings is 3. The van der Waals surface area contributed by atoms with E-state index < -0.39 is 5.97 Å². The Labute approximate surface area is 179 Å². The molecule has 156 valence electrons. The molecular weight excluding hydrogens is 392 g/mol. The topological polar surface area (TPSA) is 65.7 Å². The van der Waals surface area contributed by atoms with Crippen molar-refractivity contribution in [2.24, 2.45) is 0 Å². The zero-order valence-corrected chi connectivity index (χ0v) is 17.8. The second-order valence-electron chi connectivity index (χ2n) is 7.48. The van der Waals surface area contributed by atoms with Gasteiger partial charge in [-0.25, -0.2) is 4.79 Å². The van der Waals surface area contributed by atoms with Gasteiger partial charge in [0.25, 0.3) is 0 Å². The quantitative estimate of drug-likeness (QED) is 0.406. The molecule has 0 radical (unpaired) electrons. The summed E-state index contributed by atoms with van der Waals surface area (Å²) in [7, 11) is 1.58. The summed E-state index contributed by atoms with van der Waals surface area (Å²) in [6.07, 6.45) is 0. The van der Waals surface area contributed by atoms with Crippen molar-refractivity contribution in [2.75, 3.05) is 7.11 Å². The van der Waals surface area contributed by atoms with Crippen molar-refractivity contribution in [2.45, 2.75) is 20.8 Å². The summed E-state index contributed by atoms with van der Waals surface area (Å²) in [4.78, 5) is 26.4. The van der Waals surface area contributed by atoms with E-state index in [0.717, 1.165) is 16.7 Å². The van der Waals surface area contributed by atoms with E-state index in [9.17, 15) is 9.59 Å². The smallest absolute Gasteiger partial charge is 0.344 e. The zero-order chi connectivity index (χ0) is 22.1. The highest BCUT2D eigenvalue weighted by Gasteiger charge is 2.23. The minimum absolute atomic E-state index is 0.127. The number of rotatable bonds is 4. The van der Waals surface area contributed by atoms with Crippen LogP contribution < -0.4 is 14.9 Å². The van der Waals surface area contributed by atoms with E-state index in [4.69, 9.17) is 13.9 Å². The van der Waals surface area contributed by atoms with Gasteiger partial charge in [-0.1, -0.05) is 24.3 Å². The molecule has 1 aromatic heterocycles. The number of carbonyl (C=O) groups excluding carboxylic acids is 1. The Hall–Kier alpha value is -3.86. The zero-order valence-electron chi connectivity index (χ0n) is 17.8. The van der Waals surface area contributed by atoms with Crippen LogP contribution in [0.25, 0.3) is 22.3 Å². The fourth-order valence-corrected chi connectivity index (χ4v) is 3.65. The Morgan fingerprint density at radius 1 is 0.903 bits per heavy atom. The lowest BCUT2D eigenvalue weighted by Crippen LogP contribution is -2.17. The van der Waals surface area contributed by atoms with Gasteiger partial charge in [0.05, 0.1) is 18.1 Å². The molecule has 0 unspecified atom stereocenters. The van der Waals surface area contributed by atoms with Crippen LogP contribution >= 0.6 is 0 Å². The van der Waals surface area contributed by atoms with Crippen LogP contribution in [0.15, 0.2) is 69.9 Å². The summed E-state index contributed by atoms with van der Waals surface area (Å²) in [5, 5.41) is 0.399. The highest BCUT2D eigenvalue weighted by Crippen LogP contribution is 2.33. The summed E-state index contributed by atoms with van der Waals surface area (Å²) in [5.41, 5.74) is 3.55. The van der Waals surface area contributed by atoms with E-state index in [1.165, 1.54) is 0 Å². The Morgan fingerprint density at radius 2 is 1.61 bits per heavy atom. The molecular formula is C26H22O5. The van der Waals surface area contributed by atoms with Crippen molar-refractivity contribution >= 4 is 16.9 Å². The number of methoxy groups -OCH3 is 1. The molecule has 5 nitrogen and oxygen atoms in total. The number of esters is 1. The van der Waals surface area contributed by atoms with E-state index >= 15 is 0 Å². The fourth-order valence-electron chi connectivity index (χ4n) is 3.65. The fraction of sp³-hybridized carbons (Fsp3) is 0.154. The van der Waals surface area contributed by atoms with Crippen molar-refractivity contribution in [1.29, 1.82) is 0 Å². The van der Waals surface area contributed by atoms with Crippen LogP contribution in [0.1, 0.15) is 27.0 Å². The van der Waals surface area contributed by atoms with Crippen LogP contribution in [-0.4, -0.2) is 13.1 Å². The van der Waals surface area contributed by atoms with Gasteiger partial charge in [-0.15, -0.1) is 0 Å². The molecule has 4 aromatic rings. The van der Waals surface area contributed by atoms with Gasteiger partial charge < -0.3 is 13.9 Å². The standard InChI is InChI=1S/C26H22O5/c1-15-13-17(3)22-21(14-15)30-24(18-9-11-19(29-4)12-10-18)25(23(22)27)31-26(28)20-8-6-5-7-16(20)2/h5-14H,1-4H3. The summed E-state index contributed by atoms with van der Waals surface area (Å²) in [6, 6.07) is 17.8. The monoisotopic (exact) mass is 414 g/mol. The van der Waals surface area contributed by atoms with Crippen LogP contribution in [0.5, 0.6) is 11.5 Å². The molecule has 0 fully saturated rings. The number of aryl methyl sites for hydroxylation is 3. The second-order valence-corrected chi connectivity index (χ2v) is 7.48. The number of hydrogen-bond donors (Lipinski definition) is 0. The van der Waals surface area contributed by atoms with Gasteiger partial charge in [-0.3, -0.25) is 4.79 Å². The van der Waals surface area contributed by atoms with E-state index in [1.807, 2.05) is 45.0 Å². The largest absolute Gasteiger partial charge is 0.497 e. The van der Waals surface area contributed by atoms with Crippen LogP contribution in [0, 0.1) is 20.8 Å². The van der Waals surface area contributed by atoms with Crippen molar-refractivity contribution in [3.63, 3.8) is 0 Å². The van der Waals surface area contributed by atoms with Crippen molar-refractivity contribution < 1.29 is 18.7 Å². The summed E-state index contributed by atoms with van der Waals surface area (Å²) in [6.45, 7) is 5.59. The number of ether oxygens (including phenoxy) is 2. The molecule has 0 aliphatic rings. The highest BCUT2D eigenvalue weighted by atomic mass is 16.5. The maximum absolute atomic E-state index is 13.5. The lowest BCUT2D eigenvalue weighted by Gasteiger charge is -2.13. The molecule has 0 bridgehead atoms. The predicted octanol–water partition coefficient (Wildman–Crippen LogP) is 5.61. The first kappa shape index (κ1) is 20.4. The van der Waals surface area contributed by atoms with Crippen molar-refractivity contribution in [1.82, 2.24) is 0 Å². The number of fused-ring (bicyclic) bond motifs is 1. The van der Waals surface area contributed by atoms with Gasteiger partial charge in [0.1, 0.15) is 11.3 Å². The molecule has 0 N–H and O–H groups in total. The Bertz CT molecular complexity index is 1350. The lowest BCUT2D eigenvalue weighted by atomic mass is 10.0. The molecule has 3 aromatic carbocycles. The van der Waals surface area contributed by atoms with Crippen LogP contribution in [0.2, 0.25) is 0 Å². The average molecular weight is 414 g/mol. The van der Waals surface area contributed by atoms with Crippen LogP contribution in [0.3, 0.4) is 0 Å². The molecule has 4 rings (SSSR count). The molecule has 0 amide bonds. The maximum atomic E-state index is 13.5. The molecule has 0 aliphatic carbocycles. The third-order valence-corrected chi connectivity index (χ3v) is 5.21. The lowest BCUT2D eigenvalue weighted by molar-refractivity contribution is 0.0730. The Morgan fingerprint density at radius 3 is 2.29 bits per heavy atom. The predicted molar refractivity (Wildman–Crippen MR) is 120 cm³/mol. The molecule has 0 saturated heterocycles. The molecule has 0 saturated carbocycles. The SMILES string of the molecule is COc1ccc(-c2oc3cc(C)cc(C)c3c(=O)c2OC(=O)c2ccccc2C)cc1. The molecule has 0 spiro atoms. The molecule has 0 atom stereocenters. The van der Waals surface area contributed by atoms with Gasteiger partial charge in [0.15, 0.2) is 5.76 Å². The second kappa shape index (κ2) is 8.11. The van der Waals surface area contributed by atoms with Gasteiger partial charge in [-0.2, -0.15) is 0 Å². The Kier molecular flexibility index (Phi) is 5.34. The molecule has 1 heterocycles.